The van der Waals surface area contributed by atoms with Gasteiger partial charge < -0.3 is 10.6 Å². The first-order valence-electron chi connectivity index (χ1n) is 10.2. The molecule has 1 aliphatic carbocycles. The maximum Gasteiger partial charge on any atom is 0.329 e. The highest BCUT2D eigenvalue weighted by Gasteiger charge is 2.17. The molecule has 0 aromatic heterocycles. The molecule has 0 fully saturated rings. The van der Waals surface area contributed by atoms with E-state index in [-0.39, 0.29) is 12.3 Å². The topological polar surface area (TPSA) is 99.7 Å². The zero-order valence-electron chi connectivity index (χ0n) is 17.5. The van der Waals surface area contributed by atoms with Crippen LogP contribution in [0.3, 0.4) is 0 Å². The van der Waals surface area contributed by atoms with Crippen molar-refractivity contribution in [2.24, 2.45) is 5.10 Å². The molecule has 1 aliphatic rings. The van der Waals surface area contributed by atoms with E-state index in [1.807, 2.05) is 12.1 Å². The molecular formula is C23H25ClN4O3. The fourth-order valence-corrected chi connectivity index (χ4v) is 3.66. The van der Waals surface area contributed by atoms with Gasteiger partial charge in [-0.2, -0.15) is 5.10 Å². The second-order valence-electron chi connectivity index (χ2n) is 7.53. The van der Waals surface area contributed by atoms with Gasteiger partial charge in [-0.3, -0.25) is 14.4 Å². The van der Waals surface area contributed by atoms with Crippen molar-refractivity contribution < 1.29 is 14.4 Å². The number of aryl methyl sites for hydroxylation is 1. The molecule has 7 nitrogen and oxygen atoms in total. The van der Waals surface area contributed by atoms with Crippen molar-refractivity contribution in [3.8, 4) is 0 Å². The van der Waals surface area contributed by atoms with Crippen LogP contribution in [0.15, 0.2) is 41.5 Å². The Morgan fingerprint density at radius 3 is 2.48 bits per heavy atom. The van der Waals surface area contributed by atoms with Gasteiger partial charge in [0.15, 0.2) is 0 Å². The van der Waals surface area contributed by atoms with Gasteiger partial charge in [0.1, 0.15) is 0 Å². The van der Waals surface area contributed by atoms with Gasteiger partial charge in [-0.05, 0) is 74.4 Å². The number of halogens is 1. The van der Waals surface area contributed by atoms with Crippen molar-refractivity contribution in [2.75, 3.05) is 10.6 Å². The average Bonchev–Trinajstić information content (AvgIpc) is 2.75. The maximum atomic E-state index is 12.4. The number of benzene rings is 2. The summed E-state index contributed by atoms with van der Waals surface area (Å²) in [5, 5.41) is 9.77. The van der Waals surface area contributed by atoms with Crippen molar-refractivity contribution in [1.82, 2.24) is 5.43 Å². The molecule has 0 unspecified atom stereocenters. The van der Waals surface area contributed by atoms with Gasteiger partial charge in [-0.25, -0.2) is 5.43 Å². The summed E-state index contributed by atoms with van der Waals surface area (Å²) in [4.78, 5) is 36.5. The van der Waals surface area contributed by atoms with Gasteiger partial charge in [0, 0.05) is 22.1 Å². The number of carbonyl (C=O) groups is 3. The second kappa shape index (κ2) is 10.2. The molecule has 0 saturated carbocycles. The lowest BCUT2D eigenvalue weighted by atomic mass is 9.90. The van der Waals surface area contributed by atoms with Gasteiger partial charge in [0.05, 0.1) is 6.42 Å². The van der Waals surface area contributed by atoms with Crippen molar-refractivity contribution in [1.29, 1.82) is 0 Å². The predicted octanol–water partition coefficient (Wildman–Crippen LogP) is 3.99. The van der Waals surface area contributed by atoms with E-state index in [4.69, 9.17) is 11.6 Å². The van der Waals surface area contributed by atoms with Crippen LogP contribution in [-0.2, 0) is 27.2 Å². The standard InChI is InChI=1S/C23H25ClN4O3/c1-14(13-21(29)25-20-12-5-8-16-7-3-4-9-17(16)20)27-28-23(31)22(30)26-19-11-6-10-18(24)15(19)2/h5-6,8,10-12H,3-4,7,9,13H2,1-2H3,(H,25,29)(H,26,30)(H,28,31). The monoisotopic (exact) mass is 440 g/mol. The number of amides is 3. The predicted molar refractivity (Wildman–Crippen MR) is 122 cm³/mol. The second-order valence-corrected chi connectivity index (χ2v) is 7.94. The van der Waals surface area contributed by atoms with Crippen LogP contribution >= 0.6 is 11.6 Å². The zero-order valence-corrected chi connectivity index (χ0v) is 18.3. The number of hydrogen-bond donors (Lipinski definition) is 3. The van der Waals surface area contributed by atoms with Crippen LogP contribution in [0, 0.1) is 6.92 Å². The van der Waals surface area contributed by atoms with E-state index in [2.05, 4.69) is 27.2 Å². The Kier molecular flexibility index (Phi) is 7.41. The molecule has 3 rings (SSSR count). The number of fused-ring (bicyclic) bond motifs is 1. The summed E-state index contributed by atoms with van der Waals surface area (Å²) in [6.45, 7) is 3.35. The largest absolute Gasteiger partial charge is 0.329 e. The number of anilines is 2. The fourth-order valence-electron chi connectivity index (χ4n) is 3.48. The quantitative estimate of drug-likeness (QED) is 0.372. The van der Waals surface area contributed by atoms with Gasteiger partial charge in [0.2, 0.25) is 5.91 Å². The zero-order chi connectivity index (χ0) is 22.4. The molecule has 31 heavy (non-hydrogen) atoms. The molecule has 0 spiro atoms. The number of rotatable bonds is 5. The lowest BCUT2D eigenvalue weighted by Gasteiger charge is -2.19. The third kappa shape index (κ3) is 5.92. The molecule has 162 valence electrons. The van der Waals surface area contributed by atoms with E-state index >= 15 is 0 Å². The number of nitrogens with zero attached hydrogens (tertiary/aromatic N) is 1. The van der Waals surface area contributed by atoms with Gasteiger partial charge in [-0.1, -0.05) is 29.8 Å². The Labute approximate surface area is 186 Å². The molecule has 0 radical (unpaired) electrons. The highest BCUT2D eigenvalue weighted by molar-refractivity contribution is 6.40. The summed E-state index contributed by atoms with van der Waals surface area (Å²) in [6, 6.07) is 11.0. The minimum absolute atomic E-state index is 0.00102. The summed E-state index contributed by atoms with van der Waals surface area (Å²) in [5.74, 6) is -2.04. The number of nitrogens with one attached hydrogen (secondary N) is 3. The molecule has 8 heteroatoms. The summed E-state index contributed by atoms with van der Waals surface area (Å²) < 4.78 is 0. The lowest BCUT2D eigenvalue weighted by molar-refractivity contribution is -0.136. The van der Waals surface area contributed by atoms with E-state index in [1.165, 1.54) is 17.5 Å². The maximum absolute atomic E-state index is 12.4. The van der Waals surface area contributed by atoms with Gasteiger partial charge >= 0.3 is 11.8 Å². The Hall–Kier alpha value is -3.19. The minimum Gasteiger partial charge on any atom is -0.325 e. The molecule has 2 aromatic rings. The Morgan fingerprint density at radius 1 is 0.968 bits per heavy atom. The molecule has 3 amide bonds. The van der Waals surface area contributed by atoms with E-state index in [1.54, 1.807) is 32.0 Å². The average molecular weight is 441 g/mol. The normalized spacial score (nSPS) is 13.2. The van der Waals surface area contributed by atoms with E-state index in [0.29, 0.717) is 22.0 Å². The van der Waals surface area contributed by atoms with E-state index in [9.17, 15) is 14.4 Å². The van der Waals surface area contributed by atoms with Crippen LogP contribution in [-0.4, -0.2) is 23.4 Å². The Morgan fingerprint density at radius 2 is 1.68 bits per heavy atom. The first-order valence-corrected chi connectivity index (χ1v) is 10.5. The third-order valence-electron chi connectivity index (χ3n) is 5.16. The van der Waals surface area contributed by atoms with Crippen LogP contribution in [0.4, 0.5) is 11.4 Å². The smallest absolute Gasteiger partial charge is 0.325 e. The highest BCUT2D eigenvalue weighted by atomic mass is 35.5. The van der Waals surface area contributed by atoms with E-state index in [0.717, 1.165) is 24.9 Å². The van der Waals surface area contributed by atoms with E-state index < -0.39 is 11.8 Å². The summed E-state index contributed by atoms with van der Waals surface area (Å²) >= 11 is 6.01. The van der Waals surface area contributed by atoms with Crippen LogP contribution in [0.1, 0.15) is 42.9 Å². The summed E-state index contributed by atoms with van der Waals surface area (Å²) in [6.07, 6.45) is 4.26. The van der Waals surface area contributed by atoms with Crippen LogP contribution in [0.2, 0.25) is 5.02 Å². The van der Waals surface area contributed by atoms with Crippen molar-refractivity contribution in [3.05, 3.63) is 58.1 Å². The molecule has 0 heterocycles. The van der Waals surface area contributed by atoms with Gasteiger partial charge in [0.25, 0.3) is 0 Å². The minimum atomic E-state index is -0.934. The van der Waals surface area contributed by atoms with Crippen LogP contribution in [0.25, 0.3) is 0 Å². The molecule has 0 saturated heterocycles. The third-order valence-corrected chi connectivity index (χ3v) is 5.57. The van der Waals surface area contributed by atoms with Crippen LogP contribution < -0.4 is 16.1 Å². The molecular weight excluding hydrogens is 416 g/mol. The summed E-state index contributed by atoms with van der Waals surface area (Å²) in [7, 11) is 0. The molecule has 3 N–H and O–H groups in total. The molecule has 0 bridgehead atoms. The molecule has 0 aliphatic heterocycles. The van der Waals surface area contributed by atoms with Crippen molar-refractivity contribution in [3.63, 3.8) is 0 Å². The first kappa shape index (κ1) is 22.5. The first-order chi connectivity index (χ1) is 14.8. The number of hydrogen-bond acceptors (Lipinski definition) is 4. The lowest BCUT2D eigenvalue weighted by Crippen LogP contribution is -2.33. The molecule has 2 aromatic carbocycles. The Bertz CT molecular complexity index is 1050. The van der Waals surface area contributed by atoms with Gasteiger partial charge in [-0.15, -0.1) is 0 Å². The number of carbonyl (C=O) groups excluding carboxylic acids is 3. The SMILES string of the molecule is CC(CC(=O)Nc1cccc2c1CCCC2)=NNC(=O)C(=O)Nc1cccc(Cl)c1C. The summed E-state index contributed by atoms with van der Waals surface area (Å²) in [5.41, 5.74) is 6.96. The van der Waals surface area contributed by atoms with Crippen molar-refractivity contribution >= 4 is 46.4 Å². The van der Waals surface area contributed by atoms with Crippen molar-refractivity contribution in [2.45, 2.75) is 46.0 Å². The Balaban J connectivity index is 1.53. The number of hydrazone groups is 1. The highest BCUT2D eigenvalue weighted by Crippen LogP contribution is 2.28. The molecule has 0 atom stereocenters. The van der Waals surface area contributed by atoms with Crippen LogP contribution in [0.5, 0.6) is 0 Å². The fraction of sp³-hybridized carbons (Fsp3) is 0.304.